The van der Waals surface area contributed by atoms with Gasteiger partial charge in [0.15, 0.2) is 5.82 Å². The lowest BCUT2D eigenvalue weighted by Gasteiger charge is -2.29. The molecule has 0 bridgehead atoms. The molecule has 1 amide bonds. The molecule has 0 atom stereocenters. The van der Waals surface area contributed by atoms with Crippen molar-refractivity contribution >= 4 is 5.91 Å². The summed E-state index contributed by atoms with van der Waals surface area (Å²) in [5.41, 5.74) is 5.53. The van der Waals surface area contributed by atoms with Crippen LogP contribution in [0.4, 0.5) is 0 Å². The summed E-state index contributed by atoms with van der Waals surface area (Å²) in [7, 11) is 3.66. The molecular weight excluding hydrogens is 438 g/mol. The van der Waals surface area contributed by atoms with Gasteiger partial charge in [-0.3, -0.25) is 9.48 Å². The van der Waals surface area contributed by atoms with E-state index in [4.69, 9.17) is 0 Å². The predicted molar refractivity (Wildman–Crippen MR) is 134 cm³/mol. The first kappa shape index (κ1) is 22.8. The van der Waals surface area contributed by atoms with E-state index in [-0.39, 0.29) is 11.8 Å². The first-order valence-corrected chi connectivity index (χ1v) is 12.0. The van der Waals surface area contributed by atoms with Gasteiger partial charge in [0.05, 0.1) is 23.6 Å². The minimum Gasteiger partial charge on any atom is -0.349 e. The SMILES string of the molecule is Cc1ccc(-c2cccc(-c3ncc(-c4cnn([C@H]5CC[C@H](C(=O)N(C)C)CC5)c4)cn3)c2)nn1. The fraction of sp³-hybridized carbons (Fsp3) is 0.333. The normalized spacial score (nSPS) is 17.8. The van der Waals surface area contributed by atoms with Crippen LogP contribution >= 0.6 is 0 Å². The van der Waals surface area contributed by atoms with Gasteiger partial charge in [0.25, 0.3) is 0 Å². The van der Waals surface area contributed by atoms with Crippen LogP contribution in [-0.2, 0) is 4.79 Å². The number of amides is 1. The number of hydrogen-bond acceptors (Lipinski definition) is 6. The van der Waals surface area contributed by atoms with Gasteiger partial charge in [0.2, 0.25) is 5.91 Å². The van der Waals surface area contributed by atoms with Crippen molar-refractivity contribution in [3.8, 4) is 33.8 Å². The standard InChI is InChI=1S/C27H29N7O/c1-18-7-12-25(32-31-18)20-5-4-6-21(13-20)26-28-14-22(15-29-26)23-16-30-34(17-23)24-10-8-19(9-11-24)27(35)33(2)3/h4-7,12-17,19,24H,8-11H2,1-3H3/t19-,24-. The third-order valence-electron chi connectivity index (χ3n) is 6.66. The monoisotopic (exact) mass is 467 g/mol. The van der Waals surface area contributed by atoms with Crippen molar-refractivity contribution in [3.05, 3.63) is 66.9 Å². The highest BCUT2D eigenvalue weighted by Gasteiger charge is 2.28. The molecule has 3 aromatic heterocycles. The van der Waals surface area contributed by atoms with E-state index in [0.29, 0.717) is 11.9 Å². The first-order valence-electron chi connectivity index (χ1n) is 12.0. The van der Waals surface area contributed by atoms with E-state index in [1.54, 1.807) is 4.90 Å². The smallest absolute Gasteiger partial charge is 0.225 e. The van der Waals surface area contributed by atoms with Crippen LogP contribution < -0.4 is 0 Å². The van der Waals surface area contributed by atoms with Gasteiger partial charge < -0.3 is 4.90 Å². The molecule has 1 aromatic carbocycles. The Balaban J connectivity index is 1.28. The third-order valence-corrected chi connectivity index (χ3v) is 6.66. The molecule has 178 valence electrons. The molecule has 8 nitrogen and oxygen atoms in total. The van der Waals surface area contributed by atoms with Gasteiger partial charge in [-0.2, -0.15) is 15.3 Å². The molecule has 0 N–H and O–H groups in total. The van der Waals surface area contributed by atoms with Crippen molar-refractivity contribution in [2.75, 3.05) is 14.1 Å². The summed E-state index contributed by atoms with van der Waals surface area (Å²) >= 11 is 0. The molecule has 4 aromatic rings. The Morgan fingerprint density at radius 1 is 0.886 bits per heavy atom. The minimum absolute atomic E-state index is 0.133. The Hall–Kier alpha value is -3.94. The lowest BCUT2D eigenvalue weighted by molar-refractivity contribution is -0.134. The molecule has 3 heterocycles. The summed E-state index contributed by atoms with van der Waals surface area (Å²) in [6.07, 6.45) is 11.3. The topological polar surface area (TPSA) is 89.7 Å². The van der Waals surface area contributed by atoms with Crippen molar-refractivity contribution in [2.45, 2.75) is 38.6 Å². The summed E-state index contributed by atoms with van der Waals surface area (Å²) in [6, 6.07) is 12.3. The van der Waals surface area contributed by atoms with Gasteiger partial charge in [0.1, 0.15) is 0 Å². The van der Waals surface area contributed by atoms with E-state index in [0.717, 1.165) is 59.3 Å². The maximum absolute atomic E-state index is 12.2. The molecule has 1 fully saturated rings. The molecular formula is C27H29N7O. The molecule has 0 saturated heterocycles. The molecule has 1 aliphatic carbocycles. The lowest BCUT2D eigenvalue weighted by Crippen LogP contribution is -2.32. The average molecular weight is 468 g/mol. The Bertz CT molecular complexity index is 1300. The number of aromatic nitrogens is 6. The Morgan fingerprint density at radius 3 is 2.31 bits per heavy atom. The Labute approximate surface area is 205 Å². The van der Waals surface area contributed by atoms with Gasteiger partial charge in [-0.1, -0.05) is 18.2 Å². The van der Waals surface area contributed by atoms with Crippen LogP contribution in [-0.4, -0.2) is 54.8 Å². The highest BCUT2D eigenvalue weighted by Crippen LogP contribution is 2.33. The average Bonchev–Trinajstić information content (AvgIpc) is 3.39. The van der Waals surface area contributed by atoms with E-state index in [1.165, 1.54) is 0 Å². The predicted octanol–water partition coefficient (Wildman–Crippen LogP) is 4.59. The number of aryl methyl sites for hydroxylation is 1. The van der Waals surface area contributed by atoms with E-state index in [1.807, 2.05) is 80.7 Å². The van der Waals surface area contributed by atoms with Gasteiger partial charge in [-0.05, 0) is 50.8 Å². The maximum Gasteiger partial charge on any atom is 0.225 e. The molecule has 0 spiro atoms. The Kier molecular flexibility index (Phi) is 6.35. The lowest BCUT2D eigenvalue weighted by atomic mass is 9.85. The first-order chi connectivity index (χ1) is 17.0. The van der Waals surface area contributed by atoms with Crippen LogP contribution in [0.25, 0.3) is 33.8 Å². The molecule has 0 aliphatic heterocycles. The molecule has 5 rings (SSSR count). The van der Waals surface area contributed by atoms with Crippen LogP contribution in [0.15, 0.2) is 61.2 Å². The summed E-state index contributed by atoms with van der Waals surface area (Å²) in [4.78, 5) is 23.2. The molecule has 0 radical (unpaired) electrons. The van der Waals surface area contributed by atoms with Gasteiger partial charge in [-0.25, -0.2) is 9.97 Å². The fourth-order valence-electron chi connectivity index (χ4n) is 4.64. The van der Waals surface area contributed by atoms with Crippen LogP contribution in [0, 0.1) is 12.8 Å². The highest BCUT2D eigenvalue weighted by molar-refractivity contribution is 5.78. The summed E-state index contributed by atoms with van der Waals surface area (Å²) in [5, 5.41) is 13.0. The molecule has 1 aliphatic rings. The van der Waals surface area contributed by atoms with Crippen molar-refractivity contribution in [3.63, 3.8) is 0 Å². The molecule has 1 saturated carbocycles. The minimum atomic E-state index is 0.133. The van der Waals surface area contributed by atoms with Crippen molar-refractivity contribution < 1.29 is 4.79 Å². The highest BCUT2D eigenvalue weighted by atomic mass is 16.2. The zero-order valence-electron chi connectivity index (χ0n) is 20.3. The van der Waals surface area contributed by atoms with Crippen LogP contribution in [0.3, 0.4) is 0 Å². The second-order valence-electron chi connectivity index (χ2n) is 9.38. The van der Waals surface area contributed by atoms with Crippen molar-refractivity contribution in [1.82, 2.24) is 34.8 Å². The van der Waals surface area contributed by atoms with E-state index >= 15 is 0 Å². The zero-order valence-corrected chi connectivity index (χ0v) is 20.3. The summed E-state index contributed by atoms with van der Waals surface area (Å²) in [5.74, 6) is 1.03. The van der Waals surface area contributed by atoms with Gasteiger partial charge in [-0.15, -0.1) is 0 Å². The number of hydrogen-bond donors (Lipinski definition) is 0. The number of carbonyl (C=O) groups is 1. The number of rotatable bonds is 5. The van der Waals surface area contributed by atoms with E-state index in [9.17, 15) is 4.79 Å². The van der Waals surface area contributed by atoms with Gasteiger partial charge >= 0.3 is 0 Å². The van der Waals surface area contributed by atoms with E-state index < -0.39 is 0 Å². The summed E-state index contributed by atoms with van der Waals surface area (Å²) in [6.45, 7) is 1.92. The molecule has 8 heteroatoms. The maximum atomic E-state index is 12.2. The van der Waals surface area contributed by atoms with Crippen molar-refractivity contribution in [1.29, 1.82) is 0 Å². The molecule has 0 unspecified atom stereocenters. The number of carbonyl (C=O) groups excluding carboxylic acids is 1. The Morgan fingerprint density at radius 2 is 1.63 bits per heavy atom. The zero-order chi connectivity index (χ0) is 24.4. The van der Waals surface area contributed by atoms with E-state index in [2.05, 4.69) is 31.5 Å². The van der Waals surface area contributed by atoms with Crippen molar-refractivity contribution in [2.24, 2.45) is 5.92 Å². The number of benzene rings is 1. The second kappa shape index (κ2) is 9.74. The van der Waals surface area contributed by atoms with Gasteiger partial charge in [0, 0.05) is 60.9 Å². The summed E-state index contributed by atoms with van der Waals surface area (Å²) < 4.78 is 2.03. The largest absolute Gasteiger partial charge is 0.349 e. The quantitative estimate of drug-likeness (QED) is 0.426. The fourth-order valence-corrected chi connectivity index (χ4v) is 4.64. The van der Waals surface area contributed by atoms with Crippen LogP contribution in [0.1, 0.15) is 37.4 Å². The number of nitrogens with zero attached hydrogens (tertiary/aromatic N) is 7. The second-order valence-corrected chi connectivity index (χ2v) is 9.38. The molecule has 35 heavy (non-hydrogen) atoms. The van der Waals surface area contributed by atoms with Crippen LogP contribution in [0.2, 0.25) is 0 Å². The third kappa shape index (κ3) is 4.96. The van der Waals surface area contributed by atoms with Crippen LogP contribution in [0.5, 0.6) is 0 Å².